The van der Waals surface area contributed by atoms with E-state index in [0.29, 0.717) is 0 Å². The van der Waals surface area contributed by atoms with Crippen LogP contribution in [0.4, 0.5) is 0 Å². The van der Waals surface area contributed by atoms with E-state index in [9.17, 15) is 0 Å². The molecule has 5 unspecified atom stereocenters. The van der Waals surface area contributed by atoms with Crippen LogP contribution in [-0.2, 0) is 0 Å². The summed E-state index contributed by atoms with van der Waals surface area (Å²) in [5.41, 5.74) is 0. The Morgan fingerprint density at radius 2 is 2.00 bits per heavy atom. The Labute approximate surface area is 79.0 Å². The summed E-state index contributed by atoms with van der Waals surface area (Å²) in [5, 5.41) is 0. The molecular weight excluding hydrogens is 172 g/mol. The highest BCUT2D eigenvalue weighted by Crippen LogP contribution is 2.74. The standard InChI is InChI=1S/C9H14S2/c1-4-2-5-6-3-9(10,11)8(6)7(4)5/h4-8,10-11H,2-3H2,1H3. The molecule has 3 rings (SSSR count). The molecule has 0 heterocycles. The Kier molecular flexibility index (Phi) is 1.16. The van der Waals surface area contributed by atoms with Crippen molar-refractivity contribution in [2.75, 3.05) is 0 Å². The number of rotatable bonds is 0. The molecule has 0 nitrogen and oxygen atoms in total. The Bertz CT molecular complexity index is 212. The van der Waals surface area contributed by atoms with Crippen LogP contribution in [-0.4, -0.2) is 4.08 Å². The summed E-state index contributed by atoms with van der Waals surface area (Å²) in [6, 6.07) is 0. The third-order valence-corrected chi connectivity index (χ3v) is 5.25. The molecule has 0 spiro atoms. The van der Waals surface area contributed by atoms with Crippen molar-refractivity contribution in [2.24, 2.45) is 29.6 Å². The first-order chi connectivity index (χ1) is 5.11. The van der Waals surface area contributed by atoms with Gasteiger partial charge >= 0.3 is 0 Å². The van der Waals surface area contributed by atoms with Crippen LogP contribution in [0.3, 0.4) is 0 Å². The Balaban J connectivity index is 1.81. The molecule has 0 aliphatic heterocycles. The monoisotopic (exact) mass is 186 g/mol. The summed E-state index contributed by atoms with van der Waals surface area (Å²) >= 11 is 9.17. The quantitative estimate of drug-likeness (QED) is 0.421. The van der Waals surface area contributed by atoms with Crippen molar-refractivity contribution in [3.8, 4) is 0 Å². The Morgan fingerprint density at radius 1 is 1.27 bits per heavy atom. The molecule has 0 bridgehead atoms. The molecule has 3 fully saturated rings. The molecule has 62 valence electrons. The van der Waals surface area contributed by atoms with E-state index < -0.39 is 0 Å². The maximum atomic E-state index is 4.59. The first kappa shape index (κ1) is 7.14. The van der Waals surface area contributed by atoms with Crippen molar-refractivity contribution in [2.45, 2.75) is 23.8 Å². The average Bonchev–Trinajstić information content (AvgIpc) is 1.91. The fourth-order valence-corrected chi connectivity index (χ4v) is 4.86. The van der Waals surface area contributed by atoms with Crippen LogP contribution in [0.5, 0.6) is 0 Å². The van der Waals surface area contributed by atoms with Gasteiger partial charge in [-0.15, -0.1) is 0 Å². The summed E-state index contributed by atoms with van der Waals surface area (Å²) in [5.74, 6) is 4.94. The summed E-state index contributed by atoms with van der Waals surface area (Å²) in [4.78, 5) is 0. The number of hydrogen-bond donors (Lipinski definition) is 2. The second-order valence-corrected chi connectivity index (χ2v) is 6.68. The maximum Gasteiger partial charge on any atom is 0.0588 e. The highest BCUT2D eigenvalue weighted by Gasteiger charge is 2.70. The van der Waals surface area contributed by atoms with Crippen LogP contribution in [0.15, 0.2) is 0 Å². The zero-order valence-corrected chi connectivity index (χ0v) is 8.48. The van der Waals surface area contributed by atoms with Crippen molar-refractivity contribution < 1.29 is 0 Å². The van der Waals surface area contributed by atoms with Gasteiger partial charge in [-0.3, -0.25) is 0 Å². The lowest BCUT2D eigenvalue weighted by atomic mass is 9.36. The molecule has 0 aromatic heterocycles. The van der Waals surface area contributed by atoms with Crippen LogP contribution >= 0.6 is 25.3 Å². The summed E-state index contributed by atoms with van der Waals surface area (Å²) in [6.07, 6.45) is 2.75. The Morgan fingerprint density at radius 3 is 2.45 bits per heavy atom. The van der Waals surface area contributed by atoms with Gasteiger partial charge in [0, 0.05) is 0 Å². The van der Waals surface area contributed by atoms with Crippen LogP contribution < -0.4 is 0 Å². The fraction of sp³-hybridized carbons (Fsp3) is 1.00. The van der Waals surface area contributed by atoms with Gasteiger partial charge in [0.05, 0.1) is 4.08 Å². The van der Waals surface area contributed by atoms with E-state index in [-0.39, 0.29) is 4.08 Å². The molecule has 0 amide bonds. The molecule has 5 atom stereocenters. The van der Waals surface area contributed by atoms with E-state index in [1.165, 1.54) is 12.8 Å². The highest BCUT2D eigenvalue weighted by molar-refractivity contribution is 8.00. The molecule has 0 aromatic carbocycles. The van der Waals surface area contributed by atoms with Crippen molar-refractivity contribution in [1.82, 2.24) is 0 Å². The zero-order chi connectivity index (χ0) is 7.80. The second-order valence-electron chi connectivity index (χ2n) is 4.73. The number of fused-ring (bicyclic) bond motifs is 4. The van der Waals surface area contributed by atoms with E-state index in [0.717, 1.165) is 29.6 Å². The van der Waals surface area contributed by atoms with Gasteiger partial charge in [0.25, 0.3) is 0 Å². The van der Waals surface area contributed by atoms with Crippen LogP contribution in [0.2, 0.25) is 0 Å². The fourth-order valence-electron chi connectivity index (χ4n) is 3.71. The van der Waals surface area contributed by atoms with Gasteiger partial charge < -0.3 is 0 Å². The first-order valence-electron chi connectivity index (χ1n) is 4.56. The largest absolute Gasteiger partial charge is 0.161 e. The summed E-state index contributed by atoms with van der Waals surface area (Å²) in [6.45, 7) is 2.38. The second kappa shape index (κ2) is 1.79. The molecule has 3 aliphatic carbocycles. The minimum absolute atomic E-state index is 0.112. The lowest BCUT2D eigenvalue weighted by Gasteiger charge is -2.74. The van der Waals surface area contributed by atoms with Crippen molar-refractivity contribution in [3.63, 3.8) is 0 Å². The van der Waals surface area contributed by atoms with Gasteiger partial charge in [-0.1, -0.05) is 6.92 Å². The molecule has 3 aliphatic rings. The molecule has 0 aromatic rings. The predicted octanol–water partition coefficient (Wildman–Crippen LogP) is 2.46. The molecule has 0 saturated heterocycles. The summed E-state index contributed by atoms with van der Waals surface area (Å²) < 4.78 is 0.112. The number of hydrogen-bond acceptors (Lipinski definition) is 2. The van der Waals surface area contributed by atoms with E-state index in [4.69, 9.17) is 0 Å². The van der Waals surface area contributed by atoms with Gasteiger partial charge in [-0.25, -0.2) is 0 Å². The topological polar surface area (TPSA) is 0 Å². The summed E-state index contributed by atoms with van der Waals surface area (Å²) in [7, 11) is 0. The van der Waals surface area contributed by atoms with Gasteiger partial charge in [0.2, 0.25) is 0 Å². The van der Waals surface area contributed by atoms with Gasteiger partial charge in [-0.2, -0.15) is 25.3 Å². The number of thiol groups is 2. The smallest absolute Gasteiger partial charge is 0.0588 e. The van der Waals surface area contributed by atoms with E-state index in [2.05, 4.69) is 32.2 Å². The minimum Gasteiger partial charge on any atom is -0.161 e. The van der Waals surface area contributed by atoms with Gasteiger partial charge in [0.1, 0.15) is 0 Å². The molecular formula is C9H14S2. The molecule has 3 saturated carbocycles. The van der Waals surface area contributed by atoms with Crippen LogP contribution in [0, 0.1) is 29.6 Å². The molecule has 11 heavy (non-hydrogen) atoms. The lowest BCUT2D eigenvalue weighted by Crippen LogP contribution is -2.70. The average molecular weight is 186 g/mol. The van der Waals surface area contributed by atoms with Crippen molar-refractivity contribution in [1.29, 1.82) is 0 Å². The Hall–Kier alpha value is 0.700. The molecule has 2 heteroatoms. The van der Waals surface area contributed by atoms with E-state index in [1.54, 1.807) is 0 Å². The minimum atomic E-state index is 0.112. The molecule has 0 N–H and O–H groups in total. The highest BCUT2D eigenvalue weighted by atomic mass is 32.2. The van der Waals surface area contributed by atoms with E-state index >= 15 is 0 Å². The zero-order valence-electron chi connectivity index (χ0n) is 6.70. The lowest BCUT2D eigenvalue weighted by molar-refractivity contribution is -0.202. The van der Waals surface area contributed by atoms with Gasteiger partial charge in [0.15, 0.2) is 0 Å². The third kappa shape index (κ3) is 0.635. The SMILES string of the molecule is CC1CC2C3CC(S)(S)C3C12. The predicted molar refractivity (Wildman–Crippen MR) is 53.1 cm³/mol. The van der Waals surface area contributed by atoms with E-state index in [1.807, 2.05) is 0 Å². The maximum absolute atomic E-state index is 4.59. The van der Waals surface area contributed by atoms with Gasteiger partial charge in [-0.05, 0) is 42.4 Å². The third-order valence-electron chi connectivity index (χ3n) is 4.29. The normalized spacial score (nSPS) is 63.0. The van der Waals surface area contributed by atoms with Crippen LogP contribution in [0.1, 0.15) is 19.8 Å². The molecule has 0 radical (unpaired) electrons. The van der Waals surface area contributed by atoms with Crippen LogP contribution in [0.25, 0.3) is 0 Å². The van der Waals surface area contributed by atoms with Crippen molar-refractivity contribution in [3.05, 3.63) is 0 Å². The van der Waals surface area contributed by atoms with Crippen molar-refractivity contribution >= 4 is 25.3 Å². The first-order valence-corrected chi connectivity index (χ1v) is 5.45.